The van der Waals surface area contributed by atoms with E-state index in [9.17, 15) is 4.79 Å². The van der Waals surface area contributed by atoms with E-state index in [0.717, 1.165) is 19.4 Å². The first-order valence-electron chi connectivity index (χ1n) is 5.26. The van der Waals surface area contributed by atoms with Gasteiger partial charge in [-0.05, 0) is 75.8 Å². The number of carbonyl (C=O) groups excluding carboxylic acids is 1. The minimum absolute atomic E-state index is 0.208. The van der Waals surface area contributed by atoms with Gasteiger partial charge in [0.25, 0.3) is 5.91 Å². The summed E-state index contributed by atoms with van der Waals surface area (Å²) in [6.07, 6.45) is 0. The molecular weight excluding hydrogens is 407 g/mol. The minimum Gasteiger partial charge on any atom is -0.320 e. The van der Waals surface area contributed by atoms with E-state index in [0.29, 0.717) is 5.69 Å². The van der Waals surface area contributed by atoms with Crippen LogP contribution in [0.5, 0.6) is 0 Å². The molecule has 0 saturated carbocycles. The molecule has 0 bridgehead atoms. The van der Waals surface area contributed by atoms with E-state index in [1.807, 2.05) is 37.3 Å². The van der Waals surface area contributed by atoms with Crippen LogP contribution in [-0.2, 0) is 0 Å². The maximum absolute atomic E-state index is 12.0. The molecule has 1 aromatic carbocycles. The van der Waals surface area contributed by atoms with Crippen molar-refractivity contribution in [3.05, 3.63) is 55.8 Å². The highest BCUT2D eigenvalue weighted by molar-refractivity contribution is 14.1. The highest BCUT2D eigenvalue weighted by Gasteiger charge is 2.09. The summed E-state index contributed by atoms with van der Waals surface area (Å²) in [7, 11) is 0. The van der Waals surface area contributed by atoms with Crippen LogP contribution < -0.4 is 5.32 Å². The lowest BCUT2D eigenvalue weighted by Crippen LogP contribution is -2.14. The van der Waals surface area contributed by atoms with E-state index in [4.69, 9.17) is 0 Å². The van der Waals surface area contributed by atoms with Crippen molar-refractivity contribution in [1.82, 2.24) is 4.98 Å². The van der Waals surface area contributed by atoms with Gasteiger partial charge in [0.2, 0.25) is 0 Å². The van der Waals surface area contributed by atoms with Gasteiger partial charge in [0.15, 0.2) is 0 Å². The van der Waals surface area contributed by atoms with Gasteiger partial charge in [-0.3, -0.25) is 4.79 Å². The summed E-state index contributed by atoms with van der Waals surface area (Å²) in [5, 5.41) is 2.83. The predicted molar refractivity (Wildman–Crippen MR) is 83.8 cm³/mol. The largest absolute Gasteiger partial charge is 0.320 e. The fourth-order valence-electron chi connectivity index (χ4n) is 1.45. The smallest absolute Gasteiger partial charge is 0.274 e. The quantitative estimate of drug-likeness (QED) is 0.751. The number of benzene rings is 1. The average molecular weight is 417 g/mol. The molecule has 0 radical (unpaired) electrons. The highest BCUT2D eigenvalue weighted by atomic mass is 127. The molecule has 0 atom stereocenters. The number of nitrogens with one attached hydrogen (secondary N) is 1. The Hall–Kier alpha value is -0.950. The summed E-state index contributed by atoms with van der Waals surface area (Å²) >= 11 is 5.64. The fourth-order valence-corrected chi connectivity index (χ4v) is 2.84. The van der Waals surface area contributed by atoms with Gasteiger partial charge < -0.3 is 5.32 Å². The Morgan fingerprint density at radius 3 is 2.78 bits per heavy atom. The zero-order valence-corrected chi connectivity index (χ0v) is 13.3. The lowest BCUT2D eigenvalue weighted by molar-refractivity contribution is 0.102. The molecule has 18 heavy (non-hydrogen) atoms. The van der Waals surface area contributed by atoms with E-state index in [1.165, 1.54) is 0 Å². The third kappa shape index (κ3) is 3.29. The van der Waals surface area contributed by atoms with Crippen LogP contribution in [0.15, 0.2) is 40.9 Å². The molecule has 0 aliphatic heterocycles. The number of amides is 1. The molecule has 2 rings (SSSR count). The summed E-state index contributed by atoms with van der Waals surface area (Å²) in [6, 6.07) is 11.1. The van der Waals surface area contributed by atoms with Crippen molar-refractivity contribution in [2.45, 2.75) is 6.92 Å². The molecule has 0 fully saturated rings. The number of aromatic nitrogens is 1. The number of hydrogen-bond acceptors (Lipinski definition) is 2. The monoisotopic (exact) mass is 416 g/mol. The highest BCUT2D eigenvalue weighted by Crippen LogP contribution is 2.24. The molecular formula is C13H10BrIN2O. The molecule has 0 spiro atoms. The zero-order chi connectivity index (χ0) is 13.1. The van der Waals surface area contributed by atoms with Gasteiger partial charge in [-0.25, -0.2) is 4.98 Å². The topological polar surface area (TPSA) is 42.0 Å². The number of rotatable bonds is 2. The van der Waals surface area contributed by atoms with Crippen LogP contribution in [0.2, 0.25) is 0 Å². The first-order valence-corrected chi connectivity index (χ1v) is 7.13. The maximum Gasteiger partial charge on any atom is 0.274 e. The van der Waals surface area contributed by atoms with E-state index in [2.05, 4.69) is 48.8 Å². The van der Waals surface area contributed by atoms with E-state index < -0.39 is 0 Å². The molecule has 0 unspecified atom stereocenters. The minimum atomic E-state index is -0.208. The lowest BCUT2D eigenvalue weighted by atomic mass is 10.2. The molecule has 3 nitrogen and oxygen atoms in total. The second-order valence-corrected chi connectivity index (χ2v) is 5.84. The first kappa shape index (κ1) is 13.5. The Morgan fingerprint density at radius 2 is 2.11 bits per heavy atom. The van der Waals surface area contributed by atoms with Gasteiger partial charge in [-0.2, -0.15) is 0 Å². The molecule has 1 amide bonds. The summed E-state index contributed by atoms with van der Waals surface area (Å²) in [4.78, 5) is 16.2. The van der Waals surface area contributed by atoms with Crippen LogP contribution >= 0.6 is 38.5 Å². The lowest BCUT2D eigenvalue weighted by Gasteiger charge is -2.07. The van der Waals surface area contributed by atoms with Gasteiger partial charge in [-0.1, -0.05) is 6.07 Å². The standard InChI is InChI=1S/C13H10BrIN2O/c1-8-3-2-4-12(16-8)13(18)17-11-6-5-9(15)7-10(11)14/h2-7H,1H3,(H,17,18). The van der Waals surface area contributed by atoms with E-state index in [-0.39, 0.29) is 5.91 Å². The molecule has 1 heterocycles. The summed E-state index contributed by atoms with van der Waals surface area (Å²) < 4.78 is 1.96. The number of anilines is 1. The van der Waals surface area contributed by atoms with Crippen molar-refractivity contribution >= 4 is 50.1 Å². The normalized spacial score (nSPS) is 10.2. The predicted octanol–water partition coefficient (Wildman–Crippen LogP) is 4.01. The van der Waals surface area contributed by atoms with Crippen LogP contribution in [-0.4, -0.2) is 10.9 Å². The first-order chi connectivity index (χ1) is 8.56. The fraction of sp³-hybridized carbons (Fsp3) is 0.0769. The number of carbonyl (C=O) groups is 1. The van der Waals surface area contributed by atoms with Crippen molar-refractivity contribution in [3.63, 3.8) is 0 Å². The van der Waals surface area contributed by atoms with Crippen molar-refractivity contribution in [3.8, 4) is 0 Å². The zero-order valence-electron chi connectivity index (χ0n) is 9.58. The molecule has 0 saturated heterocycles. The van der Waals surface area contributed by atoms with E-state index in [1.54, 1.807) is 6.07 Å². The Balaban J connectivity index is 2.21. The Bertz CT molecular complexity index is 601. The summed E-state index contributed by atoms with van der Waals surface area (Å²) in [6.45, 7) is 1.86. The van der Waals surface area contributed by atoms with E-state index >= 15 is 0 Å². The number of hydrogen-bond donors (Lipinski definition) is 1. The van der Waals surface area contributed by atoms with Crippen LogP contribution in [0.1, 0.15) is 16.2 Å². The Labute approximate surface area is 127 Å². The second-order valence-electron chi connectivity index (χ2n) is 3.74. The van der Waals surface area contributed by atoms with Gasteiger partial charge in [0, 0.05) is 13.7 Å². The third-order valence-corrected chi connectivity index (χ3v) is 3.63. The molecule has 1 aromatic heterocycles. The number of nitrogens with zero attached hydrogens (tertiary/aromatic N) is 1. The van der Waals surface area contributed by atoms with Crippen LogP contribution in [0.4, 0.5) is 5.69 Å². The van der Waals surface area contributed by atoms with Crippen molar-refractivity contribution in [2.24, 2.45) is 0 Å². The third-order valence-electron chi connectivity index (χ3n) is 2.30. The van der Waals surface area contributed by atoms with Crippen molar-refractivity contribution < 1.29 is 4.79 Å². The Morgan fingerprint density at radius 1 is 1.33 bits per heavy atom. The van der Waals surface area contributed by atoms with Crippen LogP contribution in [0.25, 0.3) is 0 Å². The van der Waals surface area contributed by atoms with Crippen LogP contribution in [0.3, 0.4) is 0 Å². The van der Waals surface area contributed by atoms with Gasteiger partial charge >= 0.3 is 0 Å². The molecule has 2 aromatic rings. The molecule has 0 aliphatic rings. The molecule has 0 aliphatic carbocycles. The maximum atomic E-state index is 12.0. The molecule has 5 heteroatoms. The van der Waals surface area contributed by atoms with Crippen LogP contribution in [0, 0.1) is 10.5 Å². The number of pyridine rings is 1. The Kier molecular flexibility index (Phi) is 4.34. The molecule has 92 valence electrons. The second kappa shape index (κ2) is 5.79. The van der Waals surface area contributed by atoms with Gasteiger partial charge in [-0.15, -0.1) is 0 Å². The SMILES string of the molecule is Cc1cccc(C(=O)Nc2ccc(I)cc2Br)n1. The molecule has 1 N–H and O–H groups in total. The van der Waals surface area contributed by atoms with Gasteiger partial charge in [0.05, 0.1) is 5.69 Å². The van der Waals surface area contributed by atoms with Crippen molar-refractivity contribution in [2.75, 3.05) is 5.32 Å². The summed E-state index contributed by atoms with van der Waals surface area (Å²) in [5.74, 6) is -0.208. The average Bonchev–Trinajstić information content (AvgIpc) is 2.32. The number of aryl methyl sites for hydroxylation is 1. The number of halogens is 2. The van der Waals surface area contributed by atoms with Gasteiger partial charge in [0.1, 0.15) is 5.69 Å². The van der Waals surface area contributed by atoms with Crippen molar-refractivity contribution in [1.29, 1.82) is 0 Å². The summed E-state index contributed by atoms with van der Waals surface area (Å²) in [5.41, 5.74) is 1.98.